The highest BCUT2D eigenvalue weighted by Crippen LogP contribution is 2.49. The van der Waals surface area contributed by atoms with E-state index in [9.17, 15) is 0 Å². The summed E-state index contributed by atoms with van der Waals surface area (Å²) in [6.07, 6.45) is 2.38. The molecular formula is C52H39N3O2. The number of nitrogens with zero attached hydrogens (tertiary/aromatic N) is 3. The lowest BCUT2D eigenvalue weighted by molar-refractivity contribution is 0.332. The Bertz CT molecular complexity index is 3490. The quantitative estimate of drug-likeness (QED) is 0.181. The second-order valence-corrected chi connectivity index (χ2v) is 17.3. The standard InChI is InChI=1S/C52H39N3O2/c1-51(2)23-24-52(3,4)41-29-43-38(28-40(41)51)35-11-5-8-14-42(35)55(43)34-21-19-30-25-33(18-17-31(30)26-34)50-53-47(49-48(54-50)37-13-7-10-16-45(37)57-49)32-20-22-46-39(27-32)36-12-6-9-15-44(36)56-46/h5-22,25-29H,23-24H2,1-4H3. The number of hydrogen-bond acceptors (Lipinski definition) is 4. The van der Waals surface area contributed by atoms with Crippen LogP contribution < -0.4 is 0 Å². The van der Waals surface area contributed by atoms with Crippen LogP contribution in [0.1, 0.15) is 51.7 Å². The van der Waals surface area contributed by atoms with Crippen molar-refractivity contribution >= 4 is 76.6 Å². The van der Waals surface area contributed by atoms with Crippen LogP contribution in [0.2, 0.25) is 0 Å². The van der Waals surface area contributed by atoms with Crippen LogP contribution in [0.15, 0.2) is 148 Å². The van der Waals surface area contributed by atoms with Gasteiger partial charge in [0.2, 0.25) is 0 Å². The topological polar surface area (TPSA) is 57.0 Å². The van der Waals surface area contributed by atoms with Gasteiger partial charge < -0.3 is 13.4 Å². The lowest BCUT2D eigenvalue weighted by atomic mass is 9.63. The highest BCUT2D eigenvalue weighted by molar-refractivity contribution is 6.11. The molecule has 1 aliphatic rings. The first-order valence-electron chi connectivity index (χ1n) is 19.9. The van der Waals surface area contributed by atoms with Gasteiger partial charge in [-0.1, -0.05) is 94.4 Å². The molecule has 12 rings (SSSR count). The first-order chi connectivity index (χ1) is 27.7. The first-order valence-corrected chi connectivity index (χ1v) is 19.9. The van der Waals surface area contributed by atoms with Crippen molar-refractivity contribution in [2.45, 2.75) is 51.4 Å². The Kier molecular flexibility index (Phi) is 6.52. The molecule has 1 aliphatic carbocycles. The van der Waals surface area contributed by atoms with E-state index < -0.39 is 0 Å². The average molecular weight is 738 g/mol. The minimum atomic E-state index is 0.119. The zero-order valence-corrected chi connectivity index (χ0v) is 32.4. The van der Waals surface area contributed by atoms with Gasteiger partial charge in [-0.15, -0.1) is 0 Å². The predicted octanol–water partition coefficient (Wildman–Crippen LogP) is 14.2. The molecule has 5 heteroatoms. The molecule has 0 radical (unpaired) electrons. The largest absolute Gasteiger partial charge is 0.456 e. The molecular weight excluding hydrogens is 699 g/mol. The van der Waals surface area contributed by atoms with Gasteiger partial charge in [-0.3, -0.25) is 0 Å². The Morgan fingerprint density at radius 2 is 1.14 bits per heavy atom. The Balaban J connectivity index is 1.02. The summed E-state index contributed by atoms with van der Waals surface area (Å²) in [4.78, 5) is 10.4. The van der Waals surface area contributed by atoms with Crippen molar-refractivity contribution in [1.29, 1.82) is 0 Å². The summed E-state index contributed by atoms with van der Waals surface area (Å²) >= 11 is 0. The Morgan fingerprint density at radius 3 is 1.96 bits per heavy atom. The second-order valence-electron chi connectivity index (χ2n) is 17.3. The summed E-state index contributed by atoms with van der Waals surface area (Å²) < 4.78 is 15.1. The van der Waals surface area contributed by atoms with Crippen LogP contribution in [0.4, 0.5) is 0 Å². The van der Waals surface area contributed by atoms with E-state index in [2.05, 4.69) is 129 Å². The fourth-order valence-electron chi connectivity index (χ4n) is 9.61. The average Bonchev–Trinajstić information content (AvgIpc) is 3.90. The second kappa shape index (κ2) is 11.4. The molecule has 5 nitrogen and oxygen atoms in total. The van der Waals surface area contributed by atoms with Gasteiger partial charge in [-0.25, -0.2) is 9.97 Å². The van der Waals surface area contributed by atoms with E-state index in [1.807, 2.05) is 42.5 Å². The van der Waals surface area contributed by atoms with E-state index in [1.165, 1.54) is 45.8 Å². The van der Waals surface area contributed by atoms with Crippen LogP contribution in [0.3, 0.4) is 0 Å². The summed E-state index contributed by atoms with van der Waals surface area (Å²) in [5.41, 5.74) is 13.5. The predicted molar refractivity (Wildman–Crippen MR) is 235 cm³/mol. The molecule has 0 spiro atoms. The SMILES string of the molecule is CC1(C)CCC(C)(C)c2cc3c(cc21)c1ccccc1n3-c1ccc2cc(-c3nc(-c4ccc5oc6ccccc6c5c4)c4oc5ccccc5c4n3)ccc2c1. The lowest BCUT2D eigenvalue weighted by Gasteiger charge is -2.42. The third-order valence-electron chi connectivity index (χ3n) is 12.9. The van der Waals surface area contributed by atoms with Gasteiger partial charge >= 0.3 is 0 Å². The van der Waals surface area contributed by atoms with E-state index in [0.717, 1.165) is 71.7 Å². The smallest absolute Gasteiger partial charge is 0.180 e. The van der Waals surface area contributed by atoms with Crippen molar-refractivity contribution in [3.63, 3.8) is 0 Å². The van der Waals surface area contributed by atoms with Crippen LogP contribution in [-0.4, -0.2) is 14.5 Å². The van der Waals surface area contributed by atoms with Gasteiger partial charge in [0, 0.05) is 43.7 Å². The molecule has 4 heterocycles. The fraction of sp³-hybridized carbons (Fsp3) is 0.154. The molecule has 0 fully saturated rings. The van der Waals surface area contributed by atoms with Gasteiger partial charge in [-0.2, -0.15) is 0 Å². The molecule has 0 saturated heterocycles. The molecule has 57 heavy (non-hydrogen) atoms. The first kappa shape index (κ1) is 32.5. The molecule has 4 aromatic heterocycles. The molecule has 274 valence electrons. The summed E-state index contributed by atoms with van der Waals surface area (Å²) in [6, 6.07) is 49.8. The maximum Gasteiger partial charge on any atom is 0.180 e. The van der Waals surface area contributed by atoms with Gasteiger partial charge in [0.1, 0.15) is 28.0 Å². The van der Waals surface area contributed by atoms with Crippen LogP contribution in [0.5, 0.6) is 0 Å². The Morgan fingerprint density at radius 1 is 0.491 bits per heavy atom. The summed E-state index contributed by atoms with van der Waals surface area (Å²) in [5, 5.41) is 7.99. The van der Waals surface area contributed by atoms with Crippen LogP contribution in [-0.2, 0) is 10.8 Å². The Hall–Kier alpha value is -6.72. The molecule has 0 aliphatic heterocycles. The molecule has 11 aromatic rings. The molecule has 0 bridgehead atoms. The zero-order chi connectivity index (χ0) is 38.2. The molecule has 0 saturated carbocycles. The monoisotopic (exact) mass is 737 g/mol. The molecule has 0 amide bonds. The van der Waals surface area contributed by atoms with Crippen molar-refractivity contribution < 1.29 is 8.83 Å². The summed E-state index contributed by atoms with van der Waals surface area (Å²) in [7, 11) is 0. The fourth-order valence-corrected chi connectivity index (χ4v) is 9.61. The van der Waals surface area contributed by atoms with Crippen molar-refractivity contribution in [3.8, 4) is 28.3 Å². The molecule has 0 atom stereocenters. The number of para-hydroxylation sites is 3. The number of rotatable bonds is 3. The number of hydrogen-bond donors (Lipinski definition) is 0. The van der Waals surface area contributed by atoms with Crippen LogP contribution in [0, 0.1) is 0 Å². The van der Waals surface area contributed by atoms with E-state index in [1.54, 1.807) is 0 Å². The number of furan rings is 2. The minimum absolute atomic E-state index is 0.119. The van der Waals surface area contributed by atoms with Crippen LogP contribution >= 0.6 is 0 Å². The third-order valence-corrected chi connectivity index (χ3v) is 12.9. The molecule has 7 aromatic carbocycles. The van der Waals surface area contributed by atoms with Crippen molar-refractivity contribution in [2.75, 3.05) is 0 Å². The van der Waals surface area contributed by atoms with Gasteiger partial charge in [-0.05, 0) is 118 Å². The molecule has 0 unspecified atom stereocenters. The zero-order valence-electron chi connectivity index (χ0n) is 32.4. The number of aromatic nitrogens is 3. The van der Waals surface area contributed by atoms with E-state index in [0.29, 0.717) is 11.4 Å². The molecule has 0 N–H and O–H groups in total. The normalized spacial score (nSPS) is 15.2. The highest BCUT2D eigenvalue weighted by atomic mass is 16.3. The Labute approximate surface area is 329 Å². The summed E-state index contributed by atoms with van der Waals surface area (Å²) in [6.45, 7) is 9.64. The van der Waals surface area contributed by atoms with E-state index in [4.69, 9.17) is 18.8 Å². The van der Waals surface area contributed by atoms with Crippen molar-refractivity contribution in [2.24, 2.45) is 0 Å². The van der Waals surface area contributed by atoms with Gasteiger partial charge in [0.25, 0.3) is 0 Å². The lowest BCUT2D eigenvalue weighted by Crippen LogP contribution is -2.33. The third kappa shape index (κ3) is 4.75. The highest BCUT2D eigenvalue weighted by Gasteiger charge is 2.38. The van der Waals surface area contributed by atoms with Gasteiger partial charge in [0.05, 0.1) is 11.0 Å². The summed E-state index contributed by atoms with van der Waals surface area (Å²) in [5.74, 6) is 0.657. The minimum Gasteiger partial charge on any atom is -0.456 e. The maximum atomic E-state index is 6.49. The van der Waals surface area contributed by atoms with Gasteiger partial charge in [0.15, 0.2) is 11.4 Å². The maximum absolute atomic E-state index is 6.49. The number of fused-ring (bicyclic) bond motifs is 11. The van der Waals surface area contributed by atoms with Crippen molar-refractivity contribution in [1.82, 2.24) is 14.5 Å². The van der Waals surface area contributed by atoms with E-state index >= 15 is 0 Å². The van der Waals surface area contributed by atoms with E-state index in [-0.39, 0.29) is 10.8 Å². The van der Waals surface area contributed by atoms with Crippen LogP contribution in [0.25, 0.3) is 105 Å². The number of benzene rings is 7. The van der Waals surface area contributed by atoms with Crippen molar-refractivity contribution in [3.05, 3.63) is 151 Å².